The highest BCUT2D eigenvalue weighted by molar-refractivity contribution is 5.39. The third-order valence-electron chi connectivity index (χ3n) is 3.10. The van der Waals surface area contributed by atoms with Gasteiger partial charge in [-0.2, -0.15) is 0 Å². The zero-order valence-electron chi connectivity index (χ0n) is 10.4. The average molecular weight is 236 g/mol. The summed E-state index contributed by atoms with van der Waals surface area (Å²) < 4.78 is 11.0. The van der Waals surface area contributed by atoms with E-state index in [1.54, 1.807) is 7.11 Å². The quantitative estimate of drug-likeness (QED) is 0.822. The van der Waals surface area contributed by atoms with Crippen LogP contribution >= 0.6 is 0 Å². The first-order valence-electron chi connectivity index (χ1n) is 5.95. The van der Waals surface area contributed by atoms with Crippen LogP contribution in [-0.2, 0) is 4.74 Å². The van der Waals surface area contributed by atoms with Crippen molar-refractivity contribution in [2.75, 3.05) is 26.8 Å². The minimum Gasteiger partial charge on any atom is -0.496 e. The first kappa shape index (κ1) is 12.4. The Balaban J connectivity index is 2.21. The van der Waals surface area contributed by atoms with E-state index in [0.29, 0.717) is 6.61 Å². The lowest BCUT2D eigenvalue weighted by molar-refractivity contribution is 0.0118. The highest BCUT2D eigenvalue weighted by atomic mass is 16.5. The largest absolute Gasteiger partial charge is 0.496 e. The van der Waals surface area contributed by atoms with Crippen LogP contribution in [0, 0.1) is 6.92 Å². The summed E-state index contributed by atoms with van der Waals surface area (Å²) in [4.78, 5) is 0. The average Bonchev–Trinajstić information content (AvgIpc) is 2.39. The van der Waals surface area contributed by atoms with Crippen molar-refractivity contribution < 1.29 is 9.47 Å². The second-order valence-electron chi connectivity index (χ2n) is 4.38. The number of benzene rings is 1. The van der Waals surface area contributed by atoms with E-state index >= 15 is 0 Å². The Morgan fingerprint density at radius 2 is 2.35 bits per heavy atom. The standard InChI is InChI=1S/C13H20N2O2/c1-9-3-4-11(16-2)10(7-9)13(14)12-8-15-5-6-17-12/h3-4,7,12-13,15H,5-6,8,14H2,1-2H3. The van der Waals surface area contributed by atoms with Crippen molar-refractivity contribution in [1.29, 1.82) is 0 Å². The zero-order valence-corrected chi connectivity index (χ0v) is 10.4. The van der Waals surface area contributed by atoms with Crippen LogP contribution in [0.25, 0.3) is 0 Å². The van der Waals surface area contributed by atoms with E-state index in [1.807, 2.05) is 12.1 Å². The third kappa shape index (κ3) is 2.77. The maximum atomic E-state index is 6.27. The molecule has 0 bridgehead atoms. The van der Waals surface area contributed by atoms with Crippen molar-refractivity contribution in [2.24, 2.45) is 5.73 Å². The topological polar surface area (TPSA) is 56.5 Å². The molecule has 1 fully saturated rings. The maximum Gasteiger partial charge on any atom is 0.123 e. The lowest BCUT2D eigenvalue weighted by Crippen LogP contribution is -2.44. The van der Waals surface area contributed by atoms with Gasteiger partial charge in [0.1, 0.15) is 5.75 Å². The molecule has 1 saturated heterocycles. The van der Waals surface area contributed by atoms with Crippen molar-refractivity contribution in [3.63, 3.8) is 0 Å². The molecule has 2 rings (SSSR count). The lowest BCUT2D eigenvalue weighted by atomic mass is 9.98. The number of aryl methyl sites for hydroxylation is 1. The van der Waals surface area contributed by atoms with Gasteiger partial charge < -0.3 is 20.5 Å². The van der Waals surface area contributed by atoms with Crippen molar-refractivity contribution in [3.05, 3.63) is 29.3 Å². The summed E-state index contributed by atoms with van der Waals surface area (Å²) in [6.45, 7) is 4.45. The molecule has 4 nitrogen and oxygen atoms in total. The van der Waals surface area contributed by atoms with Gasteiger partial charge in [0.15, 0.2) is 0 Å². The molecule has 0 aromatic heterocycles. The van der Waals surface area contributed by atoms with E-state index in [-0.39, 0.29) is 12.1 Å². The Hall–Kier alpha value is -1.10. The van der Waals surface area contributed by atoms with E-state index in [1.165, 1.54) is 5.56 Å². The molecule has 0 spiro atoms. The smallest absolute Gasteiger partial charge is 0.123 e. The molecule has 1 heterocycles. The van der Waals surface area contributed by atoms with Crippen LogP contribution < -0.4 is 15.8 Å². The molecule has 0 amide bonds. The summed E-state index contributed by atoms with van der Waals surface area (Å²) in [5.74, 6) is 0.831. The molecule has 0 aliphatic carbocycles. The Kier molecular flexibility index (Phi) is 3.99. The van der Waals surface area contributed by atoms with Gasteiger partial charge in [0, 0.05) is 18.7 Å². The fourth-order valence-electron chi connectivity index (χ4n) is 2.13. The zero-order chi connectivity index (χ0) is 12.3. The highest BCUT2D eigenvalue weighted by Crippen LogP contribution is 2.28. The minimum absolute atomic E-state index is 0.0134. The second kappa shape index (κ2) is 5.49. The molecule has 1 aromatic carbocycles. The first-order chi connectivity index (χ1) is 8.22. The Bertz CT molecular complexity index is 376. The number of ether oxygens (including phenoxy) is 2. The van der Waals surface area contributed by atoms with Gasteiger partial charge in [0.05, 0.1) is 25.9 Å². The minimum atomic E-state index is -0.155. The normalized spacial score (nSPS) is 22.2. The van der Waals surface area contributed by atoms with Gasteiger partial charge in [-0.15, -0.1) is 0 Å². The molecular formula is C13H20N2O2. The lowest BCUT2D eigenvalue weighted by Gasteiger charge is -2.29. The first-order valence-corrected chi connectivity index (χ1v) is 5.95. The Morgan fingerprint density at radius 1 is 1.53 bits per heavy atom. The second-order valence-corrected chi connectivity index (χ2v) is 4.38. The molecule has 17 heavy (non-hydrogen) atoms. The number of rotatable bonds is 3. The molecule has 4 heteroatoms. The third-order valence-corrected chi connectivity index (χ3v) is 3.10. The van der Waals surface area contributed by atoms with Crippen LogP contribution in [0.5, 0.6) is 5.75 Å². The van der Waals surface area contributed by atoms with E-state index < -0.39 is 0 Å². The molecule has 1 aromatic rings. The van der Waals surface area contributed by atoms with Crippen molar-refractivity contribution in [2.45, 2.75) is 19.1 Å². The Morgan fingerprint density at radius 3 is 3.00 bits per heavy atom. The van der Waals surface area contributed by atoms with Gasteiger partial charge in [-0.1, -0.05) is 17.7 Å². The fourth-order valence-corrected chi connectivity index (χ4v) is 2.13. The van der Waals surface area contributed by atoms with E-state index in [4.69, 9.17) is 15.2 Å². The number of methoxy groups -OCH3 is 1. The van der Waals surface area contributed by atoms with Gasteiger partial charge in [-0.25, -0.2) is 0 Å². The predicted molar refractivity (Wildman–Crippen MR) is 67.3 cm³/mol. The van der Waals surface area contributed by atoms with Crippen LogP contribution in [0.2, 0.25) is 0 Å². The van der Waals surface area contributed by atoms with Crippen molar-refractivity contribution in [3.8, 4) is 5.75 Å². The van der Waals surface area contributed by atoms with Gasteiger partial charge >= 0.3 is 0 Å². The van der Waals surface area contributed by atoms with Gasteiger partial charge in [0.2, 0.25) is 0 Å². The number of morpholine rings is 1. The molecule has 2 unspecified atom stereocenters. The SMILES string of the molecule is COc1ccc(C)cc1C(N)C1CNCCO1. The predicted octanol–water partition coefficient (Wildman–Crippen LogP) is 0.992. The van der Waals surface area contributed by atoms with Gasteiger partial charge in [-0.05, 0) is 13.0 Å². The van der Waals surface area contributed by atoms with E-state index in [2.05, 4.69) is 18.3 Å². The van der Waals surface area contributed by atoms with Crippen LogP contribution in [0.3, 0.4) is 0 Å². The summed E-state index contributed by atoms with van der Waals surface area (Å²) in [5.41, 5.74) is 8.47. The van der Waals surface area contributed by atoms with Gasteiger partial charge in [-0.3, -0.25) is 0 Å². The Labute approximate surface area is 102 Å². The summed E-state index contributed by atoms with van der Waals surface area (Å²) in [7, 11) is 1.67. The molecular weight excluding hydrogens is 216 g/mol. The summed E-state index contributed by atoms with van der Waals surface area (Å²) >= 11 is 0. The fraction of sp³-hybridized carbons (Fsp3) is 0.538. The maximum absolute atomic E-state index is 6.27. The molecule has 1 aliphatic heterocycles. The van der Waals surface area contributed by atoms with Crippen LogP contribution in [0.15, 0.2) is 18.2 Å². The number of nitrogens with one attached hydrogen (secondary N) is 1. The molecule has 3 N–H and O–H groups in total. The number of nitrogens with two attached hydrogens (primary N) is 1. The van der Waals surface area contributed by atoms with E-state index in [9.17, 15) is 0 Å². The van der Waals surface area contributed by atoms with Crippen molar-refractivity contribution >= 4 is 0 Å². The van der Waals surface area contributed by atoms with Crippen LogP contribution in [0.1, 0.15) is 17.2 Å². The van der Waals surface area contributed by atoms with Crippen LogP contribution in [-0.4, -0.2) is 32.9 Å². The molecule has 94 valence electrons. The van der Waals surface area contributed by atoms with Crippen molar-refractivity contribution in [1.82, 2.24) is 5.32 Å². The van der Waals surface area contributed by atoms with E-state index in [0.717, 1.165) is 24.4 Å². The molecule has 0 radical (unpaired) electrons. The summed E-state index contributed by atoms with van der Waals surface area (Å²) in [6, 6.07) is 5.90. The highest BCUT2D eigenvalue weighted by Gasteiger charge is 2.24. The molecule has 0 saturated carbocycles. The van der Waals surface area contributed by atoms with Crippen LogP contribution in [0.4, 0.5) is 0 Å². The number of hydrogen-bond donors (Lipinski definition) is 2. The number of hydrogen-bond acceptors (Lipinski definition) is 4. The summed E-state index contributed by atoms with van der Waals surface area (Å²) in [5, 5.41) is 3.29. The molecule has 2 atom stereocenters. The monoisotopic (exact) mass is 236 g/mol. The van der Waals surface area contributed by atoms with Gasteiger partial charge in [0.25, 0.3) is 0 Å². The molecule has 1 aliphatic rings. The summed E-state index contributed by atoms with van der Waals surface area (Å²) in [6.07, 6.45) is 0.0134.